The van der Waals surface area contributed by atoms with Crippen molar-refractivity contribution in [3.63, 3.8) is 0 Å². The maximum atomic E-state index is 12.9. The summed E-state index contributed by atoms with van der Waals surface area (Å²) < 4.78 is 32.3. The molecule has 0 aromatic heterocycles. The topological polar surface area (TPSA) is 123 Å². The Balaban J connectivity index is 1.74. The number of ether oxygens (including phenoxy) is 1. The number of rotatable bonds is 5. The molecule has 2 aliphatic rings. The largest absolute Gasteiger partial charge is 0.379 e. The molecule has 1 N–H and O–H groups in total. The summed E-state index contributed by atoms with van der Waals surface area (Å²) in [6, 6.07) is 6.09. The highest BCUT2D eigenvalue weighted by Crippen LogP contribution is 2.27. The molecule has 0 radical (unpaired) electrons. The SMILES string of the molecule is CC(=O)N1CCN(C(=O)/C(C#N)=C\Nc2cc(S(=O)(=O)N3CCOCC3)ccc2Cl)CC1. The van der Waals surface area contributed by atoms with Gasteiger partial charge in [0.15, 0.2) is 0 Å². The van der Waals surface area contributed by atoms with Crippen LogP contribution in [-0.2, 0) is 24.3 Å². The summed E-state index contributed by atoms with van der Waals surface area (Å²) in [4.78, 5) is 27.3. The van der Waals surface area contributed by atoms with Gasteiger partial charge in [-0.1, -0.05) is 11.6 Å². The zero-order valence-corrected chi connectivity index (χ0v) is 19.2. The van der Waals surface area contributed by atoms with Gasteiger partial charge in [0.25, 0.3) is 5.91 Å². The standard InChI is InChI=1S/C20H24ClN5O5S/c1-15(27)24-4-6-25(7-5-24)20(28)16(13-22)14-23-19-12-17(2-3-18(19)21)32(29,30)26-8-10-31-11-9-26/h2-3,12,14,23H,4-11H2,1H3/b16-14-. The number of benzene rings is 1. The fraction of sp³-hybridized carbons (Fsp3) is 0.450. The average Bonchev–Trinajstić information content (AvgIpc) is 2.80. The van der Waals surface area contributed by atoms with Crippen LogP contribution in [0.4, 0.5) is 5.69 Å². The lowest BCUT2D eigenvalue weighted by molar-refractivity contribution is -0.136. The lowest BCUT2D eigenvalue weighted by Crippen LogP contribution is -2.50. The Bertz CT molecular complexity index is 1050. The molecule has 2 amide bonds. The number of morpholine rings is 1. The number of sulfonamides is 1. The average molecular weight is 482 g/mol. The number of halogens is 1. The van der Waals surface area contributed by atoms with E-state index >= 15 is 0 Å². The summed E-state index contributed by atoms with van der Waals surface area (Å²) in [5.41, 5.74) is 0.0988. The molecule has 2 aliphatic heterocycles. The van der Waals surface area contributed by atoms with E-state index in [9.17, 15) is 23.3 Å². The highest BCUT2D eigenvalue weighted by atomic mass is 35.5. The molecule has 3 rings (SSSR count). The maximum absolute atomic E-state index is 12.9. The van der Waals surface area contributed by atoms with Crippen molar-refractivity contribution in [3.05, 3.63) is 35.0 Å². The van der Waals surface area contributed by atoms with Crippen molar-refractivity contribution in [2.75, 3.05) is 57.8 Å². The lowest BCUT2D eigenvalue weighted by Gasteiger charge is -2.34. The molecule has 0 unspecified atom stereocenters. The van der Waals surface area contributed by atoms with Gasteiger partial charge >= 0.3 is 0 Å². The summed E-state index contributed by atoms with van der Waals surface area (Å²) in [7, 11) is -3.73. The molecule has 0 spiro atoms. The Morgan fingerprint density at radius 1 is 1.12 bits per heavy atom. The zero-order valence-electron chi connectivity index (χ0n) is 17.6. The Kier molecular flexibility index (Phi) is 7.73. The summed E-state index contributed by atoms with van der Waals surface area (Å²) >= 11 is 6.20. The number of amides is 2. The van der Waals surface area contributed by atoms with Crippen LogP contribution in [0.3, 0.4) is 0 Å². The monoisotopic (exact) mass is 481 g/mol. The van der Waals surface area contributed by atoms with Crippen molar-refractivity contribution in [3.8, 4) is 6.07 Å². The Labute approximate surface area is 192 Å². The first kappa shape index (κ1) is 24.0. The van der Waals surface area contributed by atoms with Crippen molar-refractivity contribution >= 4 is 39.1 Å². The van der Waals surface area contributed by atoms with E-state index in [1.165, 1.54) is 40.5 Å². The van der Waals surface area contributed by atoms with Gasteiger partial charge in [-0.2, -0.15) is 9.57 Å². The summed E-state index contributed by atoms with van der Waals surface area (Å²) in [5.74, 6) is -0.534. The van der Waals surface area contributed by atoms with Crippen LogP contribution >= 0.6 is 11.6 Å². The predicted octanol–water partition coefficient (Wildman–Crippen LogP) is 0.871. The van der Waals surface area contributed by atoms with E-state index in [0.29, 0.717) is 39.4 Å². The van der Waals surface area contributed by atoms with Gasteiger partial charge in [-0.3, -0.25) is 9.59 Å². The number of carbonyl (C=O) groups excluding carboxylic acids is 2. The Hall–Kier alpha value is -2.65. The molecule has 2 fully saturated rings. The number of hydrogen-bond acceptors (Lipinski definition) is 7. The summed E-state index contributed by atoms with van der Waals surface area (Å²) in [6.07, 6.45) is 1.21. The quantitative estimate of drug-likeness (QED) is 0.489. The zero-order chi connectivity index (χ0) is 23.3. The van der Waals surface area contributed by atoms with Crippen LogP contribution in [0, 0.1) is 11.3 Å². The van der Waals surface area contributed by atoms with Crippen LogP contribution in [0.1, 0.15) is 6.92 Å². The van der Waals surface area contributed by atoms with Crippen molar-refractivity contribution in [2.45, 2.75) is 11.8 Å². The van der Waals surface area contributed by atoms with E-state index in [1.54, 1.807) is 4.90 Å². The van der Waals surface area contributed by atoms with E-state index in [-0.39, 0.29) is 40.2 Å². The highest BCUT2D eigenvalue weighted by Gasteiger charge is 2.27. The molecular weight excluding hydrogens is 458 g/mol. The minimum atomic E-state index is -3.73. The van der Waals surface area contributed by atoms with E-state index in [4.69, 9.17) is 16.3 Å². The third-order valence-electron chi connectivity index (χ3n) is 5.28. The van der Waals surface area contributed by atoms with E-state index in [1.807, 2.05) is 6.07 Å². The minimum absolute atomic E-state index is 0.0462. The van der Waals surface area contributed by atoms with Gasteiger partial charge in [0.2, 0.25) is 15.9 Å². The second-order valence-electron chi connectivity index (χ2n) is 7.27. The molecular formula is C20H24ClN5O5S. The van der Waals surface area contributed by atoms with Gasteiger partial charge in [0.05, 0.1) is 28.8 Å². The molecule has 0 bridgehead atoms. The van der Waals surface area contributed by atoms with Crippen LogP contribution in [0.15, 0.2) is 34.9 Å². The molecule has 0 atom stereocenters. The molecule has 0 saturated carbocycles. The second kappa shape index (κ2) is 10.3. The van der Waals surface area contributed by atoms with Gasteiger partial charge in [-0.15, -0.1) is 0 Å². The van der Waals surface area contributed by atoms with Crippen molar-refractivity contribution in [1.29, 1.82) is 5.26 Å². The van der Waals surface area contributed by atoms with Crippen molar-refractivity contribution in [1.82, 2.24) is 14.1 Å². The molecule has 10 nitrogen and oxygen atoms in total. The van der Waals surface area contributed by atoms with Gasteiger partial charge in [0.1, 0.15) is 11.6 Å². The molecule has 1 aromatic carbocycles. The van der Waals surface area contributed by atoms with Crippen LogP contribution in [0.5, 0.6) is 0 Å². The maximum Gasteiger partial charge on any atom is 0.266 e. The number of hydrogen-bond donors (Lipinski definition) is 1. The molecule has 1 aromatic rings. The third kappa shape index (κ3) is 5.39. The number of nitrogens with one attached hydrogen (secondary N) is 1. The third-order valence-corrected chi connectivity index (χ3v) is 7.50. The Morgan fingerprint density at radius 3 is 2.34 bits per heavy atom. The summed E-state index contributed by atoms with van der Waals surface area (Å²) in [5, 5.41) is 12.5. The molecule has 32 heavy (non-hydrogen) atoms. The minimum Gasteiger partial charge on any atom is -0.379 e. The second-order valence-corrected chi connectivity index (χ2v) is 9.62. The first-order valence-electron chi connectivity index (χ1n) is 10.0. The van der Waals surface area contributed by atoms with E-state index in [0.717, 1.165) is 0 Å². The van der Waals surface area contributed by atoms with Crippen molar-refractivity contribution < 1.29 is 22.7 Å². The fourth-order valence-electron chi connectivity index (χ4n) is 3.40. The number of piperazine rings is 1. The lowest BCUT2D eigenvalue weighted by atomic mass is 10.2. The first-order chi connectivity index (χ1) is 15.2. The van der Waals surface area contributed by atoms with Gasteiger partial charge < -0.3 is 19.9 Å². The van der Waals surface area contributed by atoms with Crippen LogP contribution in [-0.4, -0.2) is 86.8 Å². The number of carbonyl (C=O) groups is 2. The number of nitrogens with zero attached hydrogens (tertiary/aromatic N) is 4. The molecule has 12 heteroatoms. The van der Waals surface area contributed by atoms with Crippen LogP contribution in [0.25, 0.3) is 0 Å². The van der Waals surface area contributed by atoms with Gasteiger partial charge in [-0.05, 0) is 18.2 Å². The van der Waals surface area contributed by atoms with Crippen molar-refractivity contribution in [2.24, 2.45) is 0 Å². The molecule has 2 saturated heterocycles. The van der Waals surface area contributed by atoms with Gasteiger partial charge in [0, 0.05) is 52.4 Å². The van der Waals surface area contributed by atoms with Gasteiger partial charge in [-0.25, -0.2) is 8.42 Å². The van der Waals surface area contributed by atoms with E-state index in [2.05, 4.69) is 5.32 Å². The number of anilines is 1. The smallest absolute Gasteiger partial charge is 0.266 e. The normalized spacial score (nSPS) is 18.2. The first-order valence-corrected chi connectivity index (χ1v) is 11.8. The summed E-state index contributed by atoms with van der Waals surface area (Å²) in [6.45, 7) is 4.11. The van der Waals surface area contributed by atoms with Crippen LogP contribution < -0.4 is 5.32 Å². The van der Waals surface area contributed by atoms with Crippen LogP contribution in [0.2, 0.25) is 5.02 Å². The molecule has 0 aliphatic carbocycles. The number of nitriles is 1. The molecule has 2 heterocycles. The fourth-order valence-corrected chi connectivity index (χ4v) is 5.00. The van der Waals surface area contributed by atoms with E-state index < -0.39 is 15.9 Å². The highest BCUT2D eigenvalue weighted by molar-refractivity contribution is 7.89. The molecule has 172 valence electrons. The predicted molar refractivity (Wildman–Crippen MR) is 117 cm³/mol. The Morgan fingerprint density at radius 2 is 1.75 bits per heavy atom.